The Kier molecular flexibility index (Phi) is 3.87. The van der Waals surface area contributed by atoms with Crippen molar-refractivity contribution in [2.75, 3.05) is 6.54 Å². The largest absolute Gasteiger partial charge is 0.341 e. The van der Waals surface area contributed by atoms with Gasteiger partial charge in [-0.15, -0.1) is 0 Å². The molecule has 1 saturated carbocycles. The molecule has 1 N–H and O–H groups in total. The summed E-state index contributed by atoms with van der Waals surface area (Å²) in [5.74, 6) is 2.12. The van der Waals surface area contributed by atoms with E-state index < -0.39 is 0 Å². The molecule has 1 aliphatic carbocycles. The van der Waals surface area contributed by atoms with Gasteiger partial charge in [0.1, 0.15) is 6.54 Å². The van der Waals surface area contributed by atoms with Crippen molar-refractivity contribution in [3.05, 3.63) is 35.7 Å². The van der Waals surface area contributed by atoms with Crippen LogP contribution in [0.4, 0.5) is 0 Å². The number of aromatic nitrogens is 3. The molecule has 0 radical (unpaired) electrons. The van der Waals surface area contributed by atoms with Crippen molar-refractivity contribution >= 4 is 0 Å². The first-order valence-electron chi connectivity index (χ1n) is 7.48. The van der Waals surface area contributed by atoms with E-state index in [4.69, 9.17) is 4.52 Å². The van der Waals surface area contributed by atoms with Gasteiger partial charge in [0.25, 0.3) is 0 Å². The Labute approximate surface area is 119 Å². The van der Waals surface area contributed by atoms with Crippen LogP contribution in [0.25, 0.3) is 0 Å². The minimum absolute atomic E-state index is 0.329. The fourth-order valence-corrected chi connectivity index (χ4v) is 2.42. The van der Waals surface area contributed by atoms with E-state index in [1.165, 1.54) is 18.5 Å². The fourth-order valence-electron chi connectivity index (χ4n) is 2.42. The molecule has 5 heteroatoms. The van der Waals surface area contributed by atoms with Gasteiger partial charge in [0, 0.05) is 23.9 Å². The fraction of sp³-hybridized carbons (Fsp3) is 0.600. The monoisotopic (exact) mass is 274 g/mol. The van der Waals surface area contributed by atoms with Crippen LogP contribution in [0.5, 0.6) is 0 Å². The van der Waals surface area contributed by atoms with Gasteiger partial charge in [0.2, 0.25) is 5.89 Å². The predicted molar refractivity (Wildman–Crippen MR) is 76.5 cm³/mol. The molecule has 0 bridgehead atoms. The zero-order valence-electron chi connectivity index (χ0n) is 12.2. The van der Waals surface area contributed by atoms with Crippen LogP contribution in [0, 0.1) is 0 Å². The second kappa shape index (κ2) is 5.79. The third-order valence-corrected chi connectivity index (χ3v) is 3.74. The predicted octanol–water partition coefficient (Wildman–Crippen LogP) is 2.86. The van der Waals surface area contributed by atoms with Crippen LogP contribution in [0.3, 0.4) is 0 Å². The third-order valence-electron chi connectivity index (χ3n) is 3.74. The SMILES string of the molecule is CCCNC(C)c1cccn1Cc1nc(C2CC2)no1. The lowest BCUT2D eigenvalue weighted by Gasteiger charge is -2.15. The van der Waals surface area contributed by atoms with Crippen molar-refractivity contribution in [2.24, 2.45) is 0 Å². The first-order valence-corrected chi connectivity index (χ1v) is 7.48. The second-order valence-corrected chi connectivity index (χ2v) is 5.56. The molecule has 2 aromatic heterocycles. The minimum atomic E-state index is 0.329. The van der Waals surface area contributed by atoms with Gasteiger partial charge in [0.15, 0.2) is 5.82 Å². The van der Waals surface area contributed by atoms with Gasteiger partial charge < -0.3 is 14.4 Å². The van der Waals surface area contributed by atoms with Crippen molar-refractivity contribution in [3.63, 3.8) is 0 Å². The Morgan fingerprint density at radius 1 is 1.50 bits per heavy atom. The van der Waals surface area contributed by atoms with Crippen molar-refractivity contribution in [1.82, 2.24) is 20.0 Å². The molecule has 0 aromatic carbocycles. The van der Waals surface area contributed by atoms with E-state index in [1.54, 1.807) is 0 Å². The topological polar surface area (TPSA) is 55.9 Å². The summed E-state index contributed by atoms with van der Waals surface area (Å²) in [6, 6.07) is 4.54. The van der Waals surface area contributed by atoms with Crippen LogP contribution in [-0.2, 0) is 6.54 Å². The zero-order chi connectivity index (χ0) is 13.9. The molecule has 1 fully saturated rings. The smallest absolute Gasteiger partial charge is 0.246 e. The third kappa shape index (κ3) is 2.93. The summed E-state index contributed by atoms with van der Waals surface area (Å²) in [7, 11) is 0. The van der Waals surface area contributed by atoms with Gasteiger partial charge in [-0.3, -0.25) is 0 Å². The van der Waals surface area contributed by atoms with Gasteiger partial charge >= 0.3 is 0 Å². The molecule has 108 valence electrons. The highest BCUT2D eigenvalue weighted by Crippen LogP contribution is 2.38. The molecule has 0 aliphatic heterocycles. The number of hydrogen-bond acceptors (Lipinski definition) is 4. The molecule has 5 nitrogen and oxygen atoms in total. The highest BCUT2D eigenvalue weighted by Gasteiger charge is 2.28. The van der Waals surface area contributed by atoms with Gasteiger partial charge in [-0.1, -0.05) is 12.1 Å². The van der Waals surface area contributed by atoms with Crippen LogP contribution in [0.1, 0.15) is 62.5 Å². The minimum Gasteiger partial charge on any atom is -0.341 e. The summed E-state index contributed by atoms with van der Waals surface area (Å²) < 4.78 is 7.53. The van der Waals surface area contributed by atoms with Gasteiger partial charge in [-0.05, 0) is 44.9 Å². The molecular formula is C15H22N4O. The first-order chi connectivity index (χ1) is 9.78. The summed E-state index contributed by atoms with van der Waals surface area (Å²) in [6.07, 6.45) is 5.61. The Morgan fingerprint density at radius 3 is 3.10 bits per heavy atom. The average Bonchev–Trinajstić information content (AvgIpc) is 3.02. The van der Waals surface area contributed by atoms with Gasteiger partial charge in [-0.2, -0.15) is 4.98 Å². The van der Waals surface area contributed by atoms with E-state index in [0.717, 1.165) is 18.8 Å². The normalized spacial score (nSPS) is 16.5. The van der Waals surface area contributed by atoms with E-state index in [9.17, 15) is 0 Å². The number of nitrogens with one attached hydrogen (secondary N) is 1. The van der Waals surface area contributed by atoms with Crippen LogP contribution in [0.15, 0.2) is 22.9 Å². The number of hydrogen-bond donors (Lipinski definition) is 1. The van der Waals surface area contributed by atoms with Crippen molar-refractivity contribution < 1.29 is 4.52 Å². The summed E-state index contributed by atoms with van der Waals surface area (Å²) in [6.45, 7) is 6.04. The van der Waals surface area contributed by atoms with Crippen molar-refractivity contribution in [1.29, 1.82) is 0 Å². The van der Waals surface area contributed by atoms with E-state index in [2.05, 4.69) is 52.2 Å². The molecule has 20 heavy (non-hydrogen) atoms. The number of nitrogens with zero attached hydrogens (tertiary/aromatic N) is 3. The number of rotatable bonds is 7. The second-order valence-electron chi connectivity index (χ2n) is 5.56. The maximum absolute atomic E-state index is 5.35. The lowest BCUT2D eigenvalue weighted by atomic mass is 10.2. The quantitative estimate of drug-likeness (QED) is 0.843. The Morgan fingerprint density at radius 2 is 2.35 bits per heavy atom. The summed E-state index contributed by atoms with van der Waals surface area (Å²) in [5.41, 5.74) is 1.25. The molecule has 2 heterocycles. The Balaban J connectivity index is 1.68. The molecule has 0 saturated heterocycles. The van der Waals surface area contributed by atoms with Crippen LogP contribution >= 0.6 is 0 Å². The molecule has 0 spiro atoms. The molecule has 3 rings (SSSR count). The maximum Gasteiger partial charge on any atom is 0.246 e. The summed E-state index contributed by atoms with van der Waals surface area (Å²) in [5, 5.41) is 7.57. The Hall–Kier alpha value is -1.62. The van der Waals surface area contributed by atoms with E-state index in [-0.39, 0.29) is 0 Å². The molecule has 0 amide bonds. The van der Waals surface area contributed by atoms with Gasteiger partial charge in [0.05, 0.1) is 0 Å². The molecular weight excluding hydrogens is 252 g/mol. The molecule has 1 unspecified atom stereocenters. The summed E-state index contributed by atoms with van der Waals surface area (Å²) in [4.78, 5) is 4.49. The highest BCUT2D eigenvalue weighted by atomic mass is 16.5. The van der Waals surface area contributed by atoms with E-state index in [1.807, 2.05) is 0 Å². The van der Waals surface area contributed by atoms with Crippen molar-refractivity contribution in [2.45, 2.75) is 51.6 Å². The maximum atomic E-state index is 5.35. The van der Waals surface area contributed by atoms with Gasteiger partial charge in [-0.25, -0.2) is 0 Å². The van der Waals surface area contributed by atoms with Crippen LogP contribution in [-0.4, -0.2) is 21.3 Å². The highest BCUT2D eigenvalue weighted by molar-refractivity contribution is 5.13. The molecule has 2 aromatic rings. The average molecular weight is 274 g/mol. The molecule has 1 aliphatic rings. The molecule has 1 atom stereocenters. The lowest BCUT2D eigenvalue weighted by Crippen LogP contribution is -2.22. The van der Waals surface area contributed by atoms with Crippen LogP contribution in [0.2, 0.25) is 0 Å². The van der Waals surface area contributed by atoms with Crippen LogP contribution < -0.4 is 5.32 Å². The van der Waals surface area contributed by atoms with E-state index in [0.29, 0.717) is 24.4 Å². The Bertz CT molecular complexity index is 556. The standard InChI is InChI=1S/C15H22N4O/c1-3-8-16-11(2)13-5-4-9-19(13)10-14-17-15(18-20-14)12-6-7-12/h4-5,9,11-12,16H,3,6-8,10H2,1-2H3. The lowest BCUT2D eigenvalue weighted by molar-refractivity contribution is 0.363. The summed E-state index contributed by atoms with van der Waals surface area (Å²) >= 11 is 0. The zero-order valence-corrected chi connectivity index (χ0v) is 12.2. The van der Waals surface area contributed by atoms with E-state index >= 15 is 0 Å². The first kappa shape index (κ1) is 13.4. The van der Waals surface area contributed by atoms with Crippen molar-refractivity contribution in [3.8, 4) is 0 Å².